The van der Waals surface area contributed by atoms with Gasteiger partial charge in [0.1, 0.15) is 5.15 Å². The number of hydrogen-bond donors (Lipinski definition) is 0. The second-order valence-electron chi connectivity index (χ2n) is 3.64. The van der Waals surface area contributed by atoms with Crippen LogP contribution in [0.25, 0.3) is 0 Å². The van der Waals surface area contributed by atoms with Crippen molar-refractivity contribution in [2.75, 3.05) is 0 Å². The maximum absolute atomic E-state index is 5.50. The second-order valence-corrected chi connectivity index (χ2v) is 4.02. The number of hydrogen-bond acceptors (Lipinski definition) is 2. The van der Waals surface area contributed by atoms with Crippen LogP contribution in [0.5, 0.6) is 0 Å². The van der Waals surface area contributed by atoms with Crippen molar-refractivity contribution in [2.45, 2.75) is 20.8 Å². The van der Waals surface area contributed by atoms with Crippen molar-refractivity contribution in [3.63, 3.8) is 0 Å². The second kappa shape index (κ2) is 6.23. The summed E-state index contributed by atoms with van der Waals surface area (Å²) in [6.45, 7) is 6.00. The molecular formula is C13H15ClN2. The molecule has 0 N–H and O–H groups in total. The zero-order valence-corrected chi connectivity index (χ0v) is 10.5. The minimum atomic E-state index is 0.551. The lowest BCUT2D eigenvalue weighted by Crippen LogP contribution is -1.78. The molecule has 84 valence electrons. The Kier molecular flexibility index (Phi) is 4.93. The molecule has 0 bridgehead atoms. The highest BCUT2D eigenvalue weighted by Gasteiger charge is 1.83. The normalized spacial score (nSPS) is 9.25. The first-order valence-electron chi connectivity index (χ1n) is 5.05. The zero-order valence-electron chi connectivity index (χ0n) is 9.74. The summed E-state index contributed by atoms with van der Waals surface area (Å²) in [6, 6.07) is 7.77. The third kappa shape index (κ3) is 4.89. The summed E-state index contributed by atoms with van der Waals surface area (Å²) in [7, 11) is 0. The number of aromatic nitrogens is 2. The highest BCUT2D eigenvalue weighted by atomic mass is 35.5. The molecule has 0 aliphatic carbocycles. The van der Waals surface area contributed by atoms with Crippen molar-refractivity contribution in [1.82, 2.24) is 9.97 Å². The van der Waals surface area contributed by atoms with Crippen molar-refractivity contribution >= 4 is 11.6 Å². The van der Waals surface area contributed by atoms with Gasteiger partial charge < -0.3 is 0 Å². The fraction of sp³-hybridized carbons (Fsp3) is 0.231. The summed E-state index contributed by atoms with van der Waals surface area (Å²) in [5, 5.41) is 0.551. The number of halogens is 1. The predicted molar refractivity (Wildman–Crippen MR) is 67.7 cm³/mol. The van der Waals surface area contributed by atoms with E-state index in [1.165, 1.54) is 5.56 Å². The number of rotatable bonds is 0. The molecule has 0 fully saturated rings. The van der Waals surface area contributed by atoms with E-state index in [0.717, 1.165) is 11.3 Å². The summed E-state index contributed by atoms with van der Waals surface area (Å²) in [6.07, 6.45) is 3.61. The molecule has 0 spiro atoms. The van der Waals surface area contributed by atoms with Crippen molar-refractivity contribution in [3.05, 3.63) is 58.6 Å². The Morgan fingerprint density at radius 2 is 1.38 bits per heavy atom. The Morgan fingerprint density at radius 1 is 0.812 bits per heavy atom. The van der Waals surface area contributed by atoms with Crippen LogP contribution in [0.1, 0.15) is 16.8 Å². The van der Waals surface area contributed by atoms with Gasteiger partial charge in [-0.1, -0.05) is 23.7 Å². The van der Waals surface area contributed by atoms with Crippen molar-refractivity contribution in [1.29, 1.82) is 0 Å². The minimum absolute atomic E-state index is 0.551. The average Bonchev–Trinajstić information content (AvgIpc) is 2.28. The van der Waals surface area contributed by atoms with E-state index in [0.29, 0.717) is 5.15 Å². The summed E-state index contributed by atoms with van der Waals surface area (Å²) in [4.78, 5) is 7.92. The maximum Gasteiger partial charge on any atom is 0.129 e. The van der Waals surface area contributed by atoms with Gasteiger partial charge in [0.05, 0.1) is 0 Å². The predicted octanol–water partition coefficient (Wildman–Crippen LogP) is 3.74. The molecule has 0 amide bonds. The standard InChI is InChI=1S/C7H9N.C6H6ClN/c1-6-3-4-7(2)8-5-6;1-5-2-3-6(7)8-4-5/h3-5H,1-2H3;2-4H,1H3. The molecule has 2 aromatic rings. The topological polar surface area (TPSA) is 25.8 Å². The molecule has 0 saturated heterocycles. The van der Waals surface area contributed by atoms with Crippen molar-refractivity contribution in [3.8, 4) is 0 Å². The van der Waals surface area contributed by atoms with E-state index in [2.05, 4.69) is 16.0 Å². The summed E-state index contributed by atoms with van der Waals surface area (Å²) < 4.78 is 0. The van der Waals surface area contributed by atoms with Crippen LogP contribution < -0.4 is 0 Å². The average molecular weight is 235 g/mol. The highest BCUT2D eigenvalue weighted by molar-refractivity contribution is 6.29. The van der Waals surface area contributed by atoms with Gasteiger partial charge in [-0.15, -0.1) is 0 Å². The first-order chi connectivity index (χ1) is 7.58. The first-order valence-corrected chi connectivity index (χ1v) is 5.43. The van der Waals surface area contributed by atoms with E-state index in [1.807, 2.05) is 39.1 Å². The molecule has 0 unspecified atom stereocenters. The van der Waals surface area contributed by atoms with Gasteiger partial charge in [-0.2, -0.15) is 0 Å². The van der Waals surface area contributed by atoms with Gasteiger partial charge in [0.15, 0.2) is 0 Å². The van der Waals surface area contributed by atoms with Gasteiger partial charge >= 0.3 is 0 Å². The fourth-order valence-electron chi connectivity index (χ4n) is 0.992. The van der Waals surface area contributed by atoms with E-state index in [-0.39, 0.29) is 0 Å². The molecule has 0 aromatic carbocycles. The monoisotopic (exact) mass is 234 g/mol. The number of pyridine rings is 2. The van der Waals surface area contributed by atoms with Crippen LogP contribution in [-0.2, 0) is 0 Å². The van der Waals surface area contributed by atoms with Gasteiger partial charge in [0, 0.05) is 18.1 Å². The molecule has 2 heterocycles. The van der Waals surface area contributed by atoms with Crippen LogP contribution in [0.3, 0.4) is 0 Å². The summed E-state index contributed by atoms with van der Waals surface area (Å²) in [5.41, 5.74) is 3.43. The molecule has 2 nitrogen and oxygen atoms in total. The molecule has 0 aliphatic heterocycles. The molecule has 0 saturated carbocycles. The first kappa shape index (κ1) is 12.7. The van der Waals surface area contributed by atoms with Gasteiger partial charge in [-0.05, 0) is 44.0 Å². The van der Waals surface area contributed by atoms with E-state index >= 15 is 0 Å². The number of aryl methyl sites for hydroxylation is 3. The molecule has 0 atom stereocenters. The summed E-state index contributed by atoms with van der Waals surface area (Å²) >= 11 is 5.50. The molecule has 3 heteroatoms. The molecule has 2 rings (SSSR count). The largest absolute Gasteiger partial charge is 0.261 e. The zero-order chi connectivity index (χ0) is 12.0. The Labute approximate surface area is 101 Å². The van der Waals surface area contributed by atoms with Crippen molar-refractivity contribution < 1.29 is 0 Å². The Hall–Kier alpha value is -1.41. The van der Waals surface area contributed by atoms with E-state index in [1.54, 1.807) is 12.3 Å². The molecule has 2 aromatic heterocycles. The maximum atomic E-state index is 5.50. The van der Waals surface area contributed by atoms with Crippen LogP contribution in [0, 0.1) is 20.8 Å². The van der Waals surface area contributed by atoms with Crippen molar-refractivity contribution in [2.24, 2.45) is 0 Å². The quantitative estimate of drug-likeness (QED) is 0.649. The van der Waals surface area contributed by atoms with Gasteiger partial charge in [0.25, 0.3) is 0 Å². The van der Waals surface area contributed by atoms with E-state index in [4.69, 9.17) is 11.6 Å². The number of nitrogens with zero attached hydrogens (tertiary/aromatic N) is 2. The third-order valence-electron chi connectivity index (χ3n) is 1.93. The lowest BCUT2D eigenvalue weighted by Gasteiger charge is -1.89. The van der Waals surface area contributed by atoms with E-state index < -0.39 is 0 Å². The van der Waals surface area contributed by atoms with Crippen LogP contribution in [0.4, 0.5) is 0 Å². The van der Waals surface area contributed by atoms with Crippen LogP contribution in [0.2, 0.25) is 5.15 Å². The molecule has 0 radical (unpaired) electrons. The Balaban J connectivity index is 0.000000160. The fourth-order valence-corrected chi connectivity index (χ4v) is 1.10. The lowest BCUT2D eigenvalue weighted by atomic mass is 10.3. The van der Waals surface area contributed by atoms with Crippen LogP contribution in [-0.4, -0.2) is 9.97 Å². The van der Waals surface area contributed by atoms with Crippen LogP contribution >= 0.6 is 11.6 Å². The Bertz CT molecular complexity index is 335. The Morgan fingerprint density at radius 3 is 1.69 bits per heavy atom. The highest BCUT2D eigenvalue weighted by Crippen LogP contribution is 2.02. The lowest BCUT2D eigenvalue weighted by molar-refractivity contribution is 1.17. The smallest absolute Gasteiger partial charge is 0.129 e. The minimum Gasteiger partial charge on any atom is -0.261 e. The summed E-state index contributed by atoms with van der Waals surface area (Å²) in [5.74, 6) is 0. The molecular weight excluding hydrogens is 220 g/mol. The molecule has 0 aliphatic rings. The molecule has 16 heavy (non-hydrogen) atoms. The van der Waals surface area contributed by atoms with Gasteiger partial charge in [-0.25, -0.2) is 4.98 Å². The van der Waals surface area contributed by atoms with Gasteiger partial charge in [0.2, 0.25) is 0 Å². The van der Waals surface area contributed by atoms with Crippen LogP contribution in [0.15, 0.2) is 36.7 Å². The SMILES string of the molecule is Cc1ccc(C)nc1.Cc1ccc(Cl)nc1. The van der Waals surface area contributed by atoms with E-state index in [9.17, 15) is 0 Å². The van der Waals surface area contributed by atoms with Gasteiger partial charge in [-0.3, -0.25) is 4.98 Å². The third-order valence-corrected chi connectivity index (χ3v) is 2.16.